The number of rotatable bonds is 8. The highest BCUT2D eigenvalue weighted by Crippen LogP contribution is 2.28. The molecule has 0 saturated heterocycles. The van der Waals surface area contributed by atoms with Gasteiger partial charge in [0.25, 0.3) is 0 Å². The summed E-state index contributed by atoms with van der Waals surface area (Å²) < 4.78 is 16.2. The molecule has 0 amide bonds. The Hall–Kier alpha value is -2.36. The van der Waals surface area contributed by atoms with Crippen LogP contribution in [0.3, 0.4) is 0 Å². The largest absolute Gasteiger partial charge is 0.497 e. The van der Waals surface area contributed by atoms with Gasteiger partial charge in [0.1, 0.15) is 17.2 Å². The molecule has 2 rings (SSSR count). The molecule has 2 aromatic carbocycles. The van der Waals surface area contributed by atoms with Crippen molar-refractivity contribution in [1.29, 1.82) is 0 Å². The van der Waals surface area contributed by atoms with E-state index < -0.39 is 0 Å². The maximum Gasteiger partial charge on any atom is 0.145 e. The molecule has 0 aliphatic rings. The van der Waals surface area contributed by atoms with E-state index in [-0.39, 0.29) is 0 Å². The molecule has 0 spiro atoms. The quantitative estimate of drug-likeness (QED) is 0.751. The van der Waals surface area contributed by atoms with Crippen molar-refractivity contribution in [2.75, 3.05) is 32.7 Å². The van der Waals surface area contributed by atoms with Crippen molar-refractivity contribution in [1.82, 2.24) is 0 Å². The molecular formula is C18H23NO3. The van der Waals surface area contributed by atoms with Crippen molar-refractivity contribution < 1.29 is 14.2 Å². The topological polar surface area (TPSA) is 39.7 Å². The van der Waals surface area contributed by atoms with E-state index >= 15 is 0 Å². The van der Waals surface area contributed by atoms with Gasteiger partial charge in [-0.15, -0.1) is 0 Å². The zero-order chi connectivity index (χ0) is 15.8. The Kier molecular flexibility index (Phi) is 5.95. The molecule has 0 fully saturated rings. The van der Waals surface area contributed by atoms with Crippen LogP contribution in [0.5, 0.6) is 17.2 Å². The normalized spacial score (nSPS) is 10.1. The van der Waals surface area contributed by atoms with Crippen molar-refractivity contribution in [3.63, 3.8) is 0 Å². The molecule has 0 aromatic heterocycles. The Bertz CT molecular complexity index is 581. The van der Waals surface area contributed by atoms with Gasteiger partial charge in [0.2, 0.25) is 0 Å². The number of aryl methyl sites for hydroxylation is 1. The van der Waals surface area contributed by atoms with E-state index in [9.17, 15) is 0 Å². The van der Waals surface area contributed by atoms with E-state index in [1.54, 1.807) is 14.2 Å². The van der Waals surface area contributed by atoms with E-state index in [0.29, 0.717) is 6.61 Å². The first kappa shape index (κ1) is 16.0. The number of anilines is 1. The number of hydrogen-bond donors (Lipinski definition) is 1. The first-order valence-electron chi connectivity index (χ1n) is 7.38. The summed E-state index contributed by atoms with van der Waals surface area (Å²) in [6.45, 7) is 3.55. The summed E-state index contributed by atoms with van der Waals surface area (Å²) in [5.41, 5.74) is 2.19. The minimum Gasteiger partial charge on any atom is -0.497 e. The summed E-state index contributed by atoms with van der Waals surface area (Å²) >= 11 is 0. The molecule has 22 heavy (non-hydrogen) atoms. The zero-order valence-electron chi connectivity index (χ0n) is 13.4. The van der Waals surface area contributed by atoms with Gasteiger partial charge < -0.3 is 19.5 Å². The smallest absolute Gasteiger partial charge is 0.145 e. The van der Waals surface area contributed by atoms with Crippen molar-refractivity contribution in [2.24, 2.45) is 0 Å². The van der Waals surface area contributed by atoms with Crippen LogP contribution in [0.15, 0.2) is 42.5 Å². The molecule has 0 aliphatic heterocycles. The van der Waals surface area contributed by atoms with E-state index in [4.69, 9.17) is 14.2 Å². The van der Waals surface area contributed by atoms with Gasteiger partial charge in [0.15, 0.2) is 0 Å². The van der Waals surface area contributed by atoms with Crippen LogP contribution in [0, 0.1) is 6.92 Å². The minimum absolute atomic E-state index is 0.675. The molecule has 0 radical (unpaired) electrons. The standard InChI is InChI=1S/C18H23NO3/c1-14-5-7-15(8-6-14)22-12-4-11-19-17-10-9-16(20-2)13-18(17)21-3/h5-10,13,19H,4,11-12H2,1-3H3. The molecule has 0 heterocycles. The Labute approximate surface area is 132 Å². The summed E-state index contributed by atoms with van der Waals surface area (Å²) in [5.74, 6) is 2.47. The fourth-order valence-corrected chi connectivity index (χ4v) is 2.06. The molecule has 1 N–H and O–H groups in total. The van der Waals surface area contributed by atoms with Crippen LogP contribution in [-0.4, -0.2) is 27.4 Å². The zero-order valence-corrected chi connectivity index (χ0v) is 13.4. The molecule has 0 atom stereocenters. The Morgan fingerprint density at radius 2 is 1.64 bits per heavy atom. The highest BCUT2D eigenvalue weighted by atomic mass is 16.5. The molecular weight excluding hydrogens is 278 g/mol. The molecule has 4 nitrogen and oxygen atoms in total. The number of nitrogens with one attached hydrogen (secondary N) is 1. The van der Waals surface area contributed by atoms with Crippen molar-refractivity contribution >= 4 is 5.69 Å². The third-order valence-corrected chi connectivity index (χ3v) is 3.33. The van der Waals surface area contributed by atoms with Gasteiger partial charge in [-0.1, -0.05) is 17.7 Å². The van der Waals surface area contributed by atoms with Gasteiger partial charge in [-0.2, -0.15) is 0 Å². The number of hydrogen-bond acceptors (Lipinski definition) is 4. The van der Waals surface area contributed by atoms with Crippen LogP contribution in [0.4, 0.5) is 5.69 Å². The van der Waals surface area contributed by atoms with E-state index in [2.05, 4.69) is 24.4 Å². The number of benzene rings is 2. The third-order valence-electron chi connectivity index (χ3n) is 3.33. The fourth-order valence-electron chi connectivity index (χ4n) is 2.06. The summed E-state index contributed by atoms with van der Waals surface area (Å²) in [7, 11) is 3.30. The lowest BCUT2D eigenvalue weighted by atomic mass is 10.2. The van der Waals surface area contributed by atoms with E-state index in [1.807, 2.05) is 30.3 Å². The SMILES string of the molecule is COc1ccc(NCCCOc2ccc(C)cc2)c(OC)c1. The van der Waals surface area contributed by atoms with E-state index in [1.165, 1.54) is 5.56 Å². The summed E-state index contributed by atoms with van der Waals surface area (Å²) in [4.78, 5) is 0. The Balaban J connectivity index is 1.75. The monoisotopic (exact) mass is 301 g/mol. The summed E-state index contributed by atoms with van der Waals surface area (Å²) in [6.07, 6.45) is 0.906. The van der Waals surface area contributed by atoms with Gasteiger partial charge in [-0.05, 0) is 37.6 Å². The molecule has 0 saturated carbocycles. The summed E-state index contributed by atoms with van der Waals surface area (Å²) in [5, 5.41) is 3.35. The van der Waals surface area contributed by atoms with Gasteiger partial charge in [-0.25, -0.2) is 0 Å². The minimum atomic E-state index is 0.675. The van der Waals surface area contributed by atoms with Gasteiger partial charge >= 0.3 is 0 Å². The second-order valence-corrected chi connectivity index (χ2v) is 5.01. The van der Waals surface area contributed by atoms with Crippen LogP contribution >= 0.6 is 0 Å². The second kappa shape index (κ2) is 8.17. The van der Waals surface area contributed by atoms with Gasteiger partial charge in [0, 0.05) is 12.6 Å². The molecule has 2 aromatic rings. The van der Waals surface area contributed by atoms with Crippen LogP contribution in [0.1, 0.15) is 12.0 Å². The second-order valence-electron chi connectivity index (χ2n) is 5.01. The predicted octanol–water partition coefficient (Wildman–Crippen LogP) is 3.89. The molecule has 0 aliphatic carbocycles. The highest BCUT2D eigenvalue weighted by Gasteiger charge is 2.04. The maximum atomic E-state index is 5.70. The molecule has 0 bridgehead atoms. The predicted molar refractivity (Wildman–Crippen MR) is 89.3 cm³/mol. The average molecular weight is 301 g/mol. The first-order chi connectivity index (χ1) is 10.7. The van der Waals surface area contributed by atoms with Crippen molar-refractivity contribution in [3.8, 4) is 17.2 Å². The lowest BCUT2D eigenvalue weighted by molar-refractivity contribution is 0.315. The van der Waals surface area contributed by atoms with Crippen LogP contribution in [-0.2, 0) is 0 Å². The van der Waals surface area contributed by atoms with Crippen LogP contribution in [0.2, 0.25) is 0 Å². The molecule has 0 unspecified atom stereocenters. The third kappa shape index (κ3) is 4.58. The van der Waals surface area contributed by atoms with Crippen LogP contribution < -0.4 is 19.5 Å². The van der Waals surface area contributed by atoms with Gasteiger partial charge in [-0.3, -0.25) is 0 Å². The number of ether oxygens (including phenoxy) is 3. The van der Waals surface area contributed by atoms with Crippen molar-refractivity contribution in [2.45, 2.75) is 13.3 Å². The average Bonchev–Trinajstić information content (AvgIpc) is 2.56. The lowest BCUT2D eigenvalue weighted by Crippen LogP contribution is -2.08. The Morgan fingerprint density at radius 3 is 2.32 bits per heavy atom. The highest BCUT2D eigenvalue weighted by molar-refractivity contribution is 5.59. The molecule has 118 valence electrons. The maximum absolute atomic E-state index is 5.70. The van der Waals surface area contributed by atoms with Gasteiger partial charge in [0.05, 0.1) is 26.5 Å². The van der Waals surface area contributed by atoms with Crippen LogP contribution in [0.25, 0.3) is 0 Å². The number of methoxy groups -OCH3 is 2. The fraction of sp³-hybridized carbons (Fsp3) is 0.333. The lowest BCUT2D eigenvalue weighted by Gasteiger charge is -2.12. The Morgan fingerprint density at radius 1 is 0.909 bits per heavy atom. The molecule has 4 heteroatoms. The van der Waals surface area contributed by atoms with Crippen molar-refractivity contribution in [3.05, 3.63) is 48.0 Å². The van der Waals surface area contributed by atoms with E-state index in [0.717, 1.165) is 35.9 Å². The summed E-state index contributed by atoms with van der Waals surface area (Å²) in [6, 6.07) is 13.8. The first-order valence-corrected chi connectivity index (χ1v) is 7.38.